The first-order valence-electron chi connectivity index (χ1n) is 8.14. The van der Waals surface area contributed by atoms with Crippen LogP contribution < -0.4 is 9.54 Å². The molecular formula is C20H15N3O4S. The first kappa shape index (κ1) is 19.1. The number of nitrogens with zero attached hydrogens (tertiary/aromatic N) is 3. The van der Waals surface area contributed by atoms with Crippen molar-refractivity contribution < 1.29 is 14.5 Å². The first-order valence-corrected chi connectivity index (χ1v) is 8.96. The Balaban J connectivity index is 1.95. The number of aromatic nitrogens is 1. The third-order valence-corrected chi connectivity index (χ3v) is 4.91. The molecule has 0 radical (unpaired) electrons. The molecule has 140 valence electrons. The molecule has 1 amide bonds. The van der Waals surface area contributed by atoms with Gasteiger partial charge in [0, 0.05) is 18.2 Å². The van der Waals surface area contributed by atoms with E-state index in [0.717, 1.165) is 10.2 Å². The molecule has 3 aromatic rings. The fourth-order valence-corrected chi connectivity index (χ4v) is 3.64. The number of nitro benzene ring substituents is 1. The number of fused-ring (bicyclic) bond motifs is 1. The lowest BCUT2D eigenvalue weighted by molar-refractivity contribution is -0.384. The number of rotatable bonds is 5. The highest BCUT2D eigenvalue weighted by Crippen LogP contribution is 2.27. The van der Waals surface area contributed by atoms with Gasteiger partial charge in [0.25, 0.3) is 11.6 Å². The van der Waals surface area contributed by atoms with E-state index in [1.54, 1.807) is 29.9 Å². The predicted octanol–water partition coefficient (Wildman–Crippen LogP) is 3.39. The summed E-state index contributed by atoms with van der Waals surface area (Å²) in [5.74, 6) is 2.76. The minimum Gasteiger partial charge on any atom is -0.495 e. The fourth-order valence-electron chi connectivity index (χ4n) is 2.59. The molecule has 28 heavy (non-hydrogen) atoms. The number of para-hydroxylation sites is 1. The number of carbonyl (C=O) groups is 1. The molecule has 0 aliphatic rings. The van der Waals surface area contributed by atoms with Crippen LogP contribution in [0.5, 0.6) is 5.75 Å². The molecule has 0 fully saturated rings. The van der Waals surface area contributed by atoms with Gasteiger partial charge < -0.3 is 9.30 Å². The maximum atomic E-state index is 12.3. The van der Waals surface area contributed by atoms with E-state index in [1.807, 2.05) is 18.2 Å². The molecule has 1 aromatic heterocycles. The Hall–Kier alpha value is -3.70. The summed E-state index contributed by atoms with van der Waals surface area (Å²) in [7, 11) is 1.57. The van der Waals surface area contributed by atoms with Gasteiger partial charge in [0.15, 0.2) is 4.80 Å². The normalized spacial score (nSPS) is 11.6. The van der Waals surface area contributed by atoms with Crippen molar-refractivity contribution >= 4 is 39.2 Å². The van der Waals surface area contributed by atoms with E-state index in [2.05, 4.69) is 10.9 Å². The standard InChI is InChI=1S/C20H15N3O4S/c1-3-13-22-19-16(27-2)5-4-6-17(19)28-20(22)21-18(24)12-9-14-7-10-15(11-8-14)23(25)26/h1,4-12H,13H2,2H3/b12-9-,21-20?. The number of nitro groups is 1. The number of non-ortho nitro benzene ring substituents is 1. The van der Waals surface area contributed by atoms with E-state index in [0.29, 0.717) is 16.1 Å². The molecule has 1 heterocycles. The van der Waals surface area contributed by atoms with Gasteiger partial charge in [-0.25, -0.2) is 0 Å². The van der Waals surface area contributed by atoms with Crippen molar-refractivity contribution in [2.45, 2.75) is 6.54 Å². The Bertz CT molecular complexity index is 1180. The van der Waals surface area contributed by atoms with Gasteiger partial charge in [0.05, 0.1) is 23.3 Å². The largest absolute Gasteiger partial charge is 0.495 e. The number of ether oxygens (including phenoxy) is 1. The number of hydrogen-bond acceptors (Lipinski definition) is 5. The van der Waals surface area contributed by atoms with Crippen LogP contribution in [-0.4, -0.2) is 22.5 Å². The molecule has 0 N–H and O–H groups in total. The van der Waals surface area contributed by atoms with Crippen LogP contribution >= 0.6 is 11.3 Å². The van der Waals surface area contributed by atoms with Gasteiger partial charge in [0.2, 0.25) is 0 Å². The van der Waals surface area contributed by atoms with Crippen LogP contribution in [0, 0.1) is 22.5 Å². The highest BCUT2D eigenvalue weighted by molar-refractivity contribution is 7.16. The van der Waals surface area contributed by atoms with Crippen molar-refractivity contribution in [2.24, 2.45) is 4.99 Å². The number of benzene rings is 2. The molecule has 3 rings (SSSR count). The minimum atomic E-state index is -0.478. The summed E-state index contributed by atoms with van der Waals surface area (Å²) in [6.07, 6.45) is 8.33. The summed E-state index contributed by atoms with van der Waals surface area (Å²) >= 11 is 1.34. The van der Waals surface area contributed by atoms with Crippen LogP contribution in [0.25, 0.3) is 16.3 Å². The molecule has 0 saturated heterocycles. The van der Waals surface area contributed by atoms with Gasteiger partial charge in [0.1, 0.15) is 11.3 Å². The first-order chi connectivity index (χ1) is 13.5. The molecule has 0 spiro atoms. The third kappa shape index (κ3) is 4.00. The second kappa shape index (κ2) is 8.33. The van der Waals surface area contributed by atoms with E-state index in [9.17, 15) is 14.9 Å². The average molecular weight is 393 g/mol. The Morgan fingerprint density at radius 1 is 1.36 bits per heavy atom. The molecule has 0 atom stereocenters. The van der Waals surface area contributed by atoms with Gasteiger partial charge in [-0.15, -0.1) is 6.42 Å². The lowest BCUT2D eigenvalue weighted by atomic mass is 10.2. The highest BCUT2D eigenvalue weighted by atomic mass is 32.1. The summed E-state index contributed by atoms with van der Waals surface area (Å²) < 4.78 is 8.06. The number of amides is 1. The zero-order valence-electron chi connectivity index (χ0n) is 14.9. The second-order valence-corrected chi connectivity index (χ2v) is 6.62. The van der Waals surface area contributed by atoms with Gasteiger partial charge in [-0.2, -0.15) is 4.99 Å². The van der Waals surface area contributed by atoms with E-state index < -0.39 is 10.8 Å². The van der Waals surface area contributed by atoms with Crippen LogP contribution in [0.4, 0.5) is 5.69 Å². The SMILES string of the molecule is C#CCn1c(=NC(=O)/C=C\c2ccc([N+](=O)[O-])cc2)sc2cccc(OC)c21. The Labute approximate surface area is 164 Å². The smallest absolute Gasteiger partial charge is 0.272 e. The molecule has 2 aromatic carbocycles. The van der Waals surface area contributed by atoms with E-state index in [1.165, 1.54) is 29.5 Å². The molecule has 0 aliphatic carbocycles. The Kier molecular flexibility index (Phi) is 5.67. The number of carbonyl (C=O) groups excluding carboxylic acids is 1. The van der Waals surface area contributed by atoms with Crippen molar-refractivity contribution in [1.82, 2.24) is 4.57 Å². The molecule has 0 unspecified atom stereocenters. The van der Waals surface area contributed by atoms with Crippen molar-refractivity contribution in [3.63, 3.8) is 0 Å². The zero-order valence-corrected chi connectivity index (χ0v) is 15.7. The van der Waals surface area contributed by atoms with Crippen LogP contribution in [0.2, 0.25) is 0 Å². The van der Waals surface area contributed by atoms with Gasteiger partial charge in [-0.3, -0.25) is 14.9 Å². The number of hydrogen-bond donors (Lipinski definition) is 0. The molecule has 0 aliphatic heterocycles. The molecular weight excluding hydrogens is 378 g/mol. The van der Waals surface area contributed by atoms with Crippen molar-refractivity contribution in [1.29, 1.82) is 0 Å². The highest BCUT2D eigenvalue weighted by Gasteiger charge is 2.11. The number of terminal acetylenes is 1. The van der Waals surface area contributed by atoms with Crippen LogP contribution in [0.3, 0.4) is 0 Å². The maximum Gasteiger partial charge on any atom is 0.272 e. The van der Waals surface area contributed by atoms with Gasteiger partial charge in [-0.1, -0.05) is 23.3 Å². The number of thiazole rings is 1. The van der Waals surface area contributed by atoms with Gasteiger partial charge in [-0.05, 0) is 35.9 Å². The van der Waals surface area contributed by atoms with E-state index in [4.69, 9.17) is 11.2 Å². The summed E-state index contributed by atoms with van der Waals surface area (Å²) in [5, 5.41) is 10.7. The van der Waals surface area contributed by atoms with Crippen LogP contribution in [-0.2, 0) is 11.3 Å². The summed E-state index contributed by atoms with van der Waals surface area (Å²) in [5.41, 5.74) is 1.44. The molecule has 0 saturated carbocycles. The molecule has 0 bridgehead atoms. The summed E-state index contributed by atoms with van der Waals surface area (Å²) in [4.78, 5) is 27.1. The topological polar surface area (TPSA) is 86.7 Å². The Morgan fingerprint density at radius 2 is 2.11 bits per heavy atom. The maximum absolute atomic E-state index is 12.3. The van der Waals surface area contributed by atoms with Crippen LogP contribution in [0.15, 0.2) is 53.5 Å². The monoisotopic (exact) mass is 393 g/mol. The fraction of sp³-hybridized carbons (Fsp3) is 0.100. The summed E-state index contributed by atoms with van der Waals surface area (Å²) in [6.45, 7) is 0.249. The van der Waals surface area contributed by atoms with Gasteiger partial charge >= 0.3 is 0 Å². The average Bonchev–Trinajstić information content (AvgIpc) is 3.04. The predicted molar refractivity (Wildman–Crippen MR) is 108 cm³/mol. The number of methoxy groups -OCH3 is 1. The molecule has 8 heteroatoms. The lowest BCUT2D eigenvalue weighted by Gasteiger charge is -2.05. The third-order valence-electron chi connectivity index (χ3n) is 3.86. The van der Waals surface area contributed by atoms with E-state index >= 15 is 0 Å². The second-order valence-electron chi connectivity index (χ2n) is 5.61. The lowest BCUT2D eigenvalue weighted by Crippen LogP contribution is -2.16. The van der Waals surface area contributed by atoms with Crippen LogP contribution in [0.1, 0.15) is 5.56 Å². The molecule has 7 nitrogen and oxygen atoms in total. The van der Waals surface area contributed by atoms with Crippen molar-refractivity contribution in [2.75, 3.05) is 7.11 Å². The Morgan fingerprint density at radius 3 is 2.75 bits per heavy atom. The van der Waals surface area contributed by atoms with Crippen molar-refractivity contribution in [3.05, 3.63) is 69.0 Å². The minimum absolute atomic E-state index is 0.0114. The zero-order chi connectivity index (χ0) is 20.1. The van der Waals surface area contributed by atoms with Crippen molar-refractivity contribution in [3.8, 4) is 18.1 Å². The summed E-state index contributed by atoms with van der Waals surface area (Å²) in [6, 6.07) is 11.5. The van der Waals surface area contributed by atoms with E-state index in [-0.39, 0.29) is 12.2 Å². The quantitative estimate of drug-likeness (QED) is 0.288.